The molecule has 7 heteroatoms. The molecular formula is C21H33N3O4. The summed E-state index contributed by atoms with van der Waals surface area (Å²) in [5.74, 6) is -0.393. The van der Waals surface area contributed by atoms with Crippen molar-refractivity contribution in [1.29, 1.82) is 0 Å². The molecule has 0 aromatic carbocycles. The average Bonchev–Trinajstić information content (AvgIpc) is 3.51. The highest BCUT2D eigenvalue weighted by Gasteiger charge is 2.48. The van der Waals surface area contributed by atoms with Crippen LogP contribution in [0.15, 0.2) is 11.6 Å². The maximum absolute atomic E-state index is 12.4. The van der Waals surface area contributed by atoms with Gasteiger partial charge in [0.2, 0.25) is 11.8 Å². The summed E-state index contributed by atoms with van der Waals surface area (Å²) >= 11 is 0. The molecule has 7 nitrogen and oxygen atoms in total. The number of allylic oxidation sites excluding steroid dienone is 1. The summed E-state index contributed by atoms with van der Waals surface area (Å²) < 4.78 is 5.01. The Balaban J connectivity index is 1.31. The zero-order valence-electron chi connectivity index (χ0n) is 16.9. The molecule has 2 unspecified atom stereocenters. The van der Waals surface area contributed by atoms with E-state index in [0.29, 0.717) is 32.7 Å². The zero-order valence-corrected chi connectivity index (χ0v) is 16.9. The molecule has 2 atom stereocenters. The number of carbonyl (C=O) groups excluding carboxylic acids is 3. The van der Waals surface area contributed by atoms with Crippen molar-refractivity contribution < 1.29 is 19.1 Å². The molecule has 2 fully saturated rings. The third-order valence-corrected chi connectivity index (χ3v) is 5.96. The van der Waals surface area contributed by atoms with Gasteiger partial charge in [-0.15, -0.1) is 0 Å². The van der Waals surface area contributed by atoms with Gasteiger partial charge in [-0.2, -0.15) is 0 Å². The second-order valence-electron chi connectivity index (χ2n) is 8.07. The predicted molar refractivity (Wildman–Crippen MR) is 106 cm³/mol. The molecule has 0 bridgehead atoms. The lowest BCUT2D eigenvalue weighted by Gasteiger charge is -2.31. The number of nitrogens with one attached hydrogen (secondary N) is 2. The Morgan fingerprint density at radius 3 is 2.57 bits per heavy atom. The van der Waals surface area contributed by atoms with Gasteiger partial charge in [0, 0.05) is 25.7 Å². The fourth-order valence-electron chi connectivity index (χ4n) is 4.11. The molecule has 28 heavy (non-hydrogen) atoms. The molecule has 2 N–H and O–H groups in total. The Bertz CT molecular complexity index is 611. The molecule has 0 aromatic heterocycles. The lowest BCUT2D eigenvalue weighted by atomic mass is 9.97. The second kappa shape index (κ2) is 9.94. The fourth-order valence-corrected chi connectivity index (χ4v) is 4.11. The quantitative estimate of drug-likeness (QED) is 0.652. The van der Waals surface area contributed by atoms with Gasteiger partial charge in [-0.1, -0.05) is 11.6 Å². The van der Waals surface area contributed by atoms with E-state index in [2.05, 4.69) is 16.7 Å². The number of hydrogen-bond acceptors (Lipinski definition) is 4. The number of ether oxygens (including phenoxy) is 1. The Morgan fingerprint density at radius 1 is 1.14 bits per heavy atom. The van der Waals surface area contributed by atoms with Crippen LogP contribution in [-0.4, -0.2) is 55.1 Å². The molecule has 0 spiro atoms. The number of carbonyl (C=O) groups is 3. The first-order valence-corrected chi connectivity index (χ1v) is 10.8. The second-order valence-corrected chi connectivity index (χ2v) is 8.07. The molecule has 1 heterocycles. The van der Waals surface area contributed by atoms with Gasteiger partial charge in [0.25, 0.3) is 0 Å². The highest BCUT2D eigenvalue weighted by atomic mass is 16.6. The average molecular weight is 392 g/mol. The molecule has 0 radical (unpaired) electrons. The number of rotatable bonds is 7. The minimum Gasteiger partial charge on any atom is -0.450 e. The molecule has 3 rings (SSSR count). The molecule has 2 aliphatic carbocycles. The van der Waals surface area contributed by atoms with Crippen molar-refractivity contribution in [2.75, 3.05) is 26.2 Å². The summed E-state index contributed by atoms with van der Waals surface area (Å²) in [6.07, 6.45) is 9.88. The number of nitrogens with zero attached hydrogens (tertiary/aromatic N) is 1. The van der Waals surface area contributed by atoms with Crippen molar-refractivity contribution in [1.82, 2.24) is 15.5 Å². The van der Waals surface area contributed by atoms with Crippen LogP contribution in [0, 0.1) is 11.8 Å². The van der Waals surface area contributed by atoms with Crippen molar-refractivity contribution in [2.24, 2.45) is 11.8 Å². The number of likely N-dealkylation sites (tertiary alicyclic amines) is 1. The van der Waals surface area contributed by atoms with Crippen LogP contribution in [0.5, 0.6) is 0 Å². The summed E-state index contributed by atoms with van der Waals surface area (Å²) in [5.41, 5.74) is 1.45. The molecule has 156 valence electrons. The molecular weight excluding hydrogens is 358 g/mol. The number of piperidine rings is 1. The van der Waals surface area contributed by atoms with Crippen molar-refractivity contribution in [3.8, 4) is 0 Å². The lowest BCUT2D eigenvalue weighted by Crippen LogP contribution is -2.47. The van der Waals surface area contributed by atoms with E-state index >= 15 is 0 Å². The zero-order chi connectivity index (χ0) is 19.9. The first kappa shape index (κ1) is 20.7. The monoisotopic (exact) mass is 391 g/mol. The lowest BCUT2D eigenvalue weighted by molar-refractivity contribution is -0.127. The Labute approximate surface area is 167 Å². The highest BCUT2D eigenvalue weighted by molar-refractivity contribution is 5.92. The van der Waals surface area contributed by atoms with Crippen LogP contribution in [0.1, 0.15) is 58.3 Å². The molecule has 0 aromatic rings. The standard InChI is InChI=1S/C21H33N3O4/c1-2-28-21(27)24-12-9-16(10-13-24)23-20(26)18-14-17(18)19(25)22-11-8-15-6-4-3-5-7-15/h6,16-18H,2-5,7-14H2,1H3,(H,22,25)(H,23,26). The number of hydrogen-bond donors (Lipinski definition) is 2. The maximum Gasteiger partial charge on any atom is 0.409 e. The minimum atomic E-state index is -0.282. The number of amides is 3. The van der Waals surface area contributed by atoms with Crippen LogP contribution in [0.4, 0.5) is 4.79 Å². The van der Waals surface area contributed by atoms with E-state index in [-0.39, 0.29) is 35.8 Å². The van der Waals surface area contributed by atoms with Gasteiger partial charge in [-0.3, -0.25) is 9.59 Å². The van der Waals surface area contributed by atoms with Gasteiger partial charge in [-0.05, 0) is 58.3 Å². The first-order chi connectivity index (χ1) is 13.6. The fraction of sp³-hybridized carbons (Fsp3) is 0.762. The van der Waals surface area contributed by atoms with Crippen LogP contribution < -0.4 is 10.6 Å². The summed E-state index contributed by atoms with van der Waals surface area (Å²) in [7, 11) is 0. The largest absolute Gasteiger partial charge is 0.450 e. The van der Waals surface area contributed by atoms with Gasteiger partial charge < -0.3 is 20.3 Å². The van der Waals surface area contributed by atoms with E-state index in [0.717, 1.165) is 32.1 Å². The van der Waals surface area contributed by atoms with Crippen molar-refractivity contribution in [3.63, 3.8) is 0 Å². The van der Waals surface area contributed by atoms with Crippen molar-refractivity contribution in [2.45, 2.75) is 64.3 Å². The normalized spacial score (nSPS) is 24.9. The smallest absolute Gasteiger partial charge is 0.409 e. The van der Waals surface area contributed by atoms with Gasteiger partial charge in [-0.25, -0.2) is 4.79 Å². The van der Waals surface area contributed by atoms with E-state index in [4.69, 9.17) is 4.74 Å². The topological polar surface area (TPSA) is 87.7 Å². The van der Waals surface area contributed by atoms with E-state index in [1.807, 2.05) is 0 Å². The summed E-state index contributed by atoms with van der Waals surface area (Å²) in [5, 5.41) is 6.05. The van der Waals surface area contributed by atoms with Crippen LogP contribution in [0.3, 0.4) is 0 Å². The molecule has 3 amide bonds. The van der Waals surface area contributed by atoms with Crippen LogP contribution in [0.2, 0.25) is 0 Å². The summed E-state index contributed by atoms with van der Waals surface area (Å²) in [6.45, 7) is 4.02. The minimum absolute atomic E-state index is 0.00805. The van der Waals surface area contributed by atoms with Crippen LogP contribution in [0.25, 0.3) is 0 Å². The van der Waals surface area contributed by atoms with E-state index in [9.17, 15) is 14.4 Å². The molecule has 1 saturated carbocycles. The maximum atomic E-state index is 12.4. The van der Waals surface area contributed by atoms with E-state index in [1.165, 1.54) is 18.4 Å². The van der Waals surface area contributed by atoms with Crippen molar-refractivity contribution in [3.05, 3.63) is 11.6 Å². The van der Waals surface area contributed by atoms with Crippen molar-refractivity contribution >= 4 is 17.9 Å². The predicted octanol–water partition coefficient (Wildman–Crippen LogP) is 2.37. The third kappa shape index (κ3) is 5.72. The molecule has 1 saturated heterocycles. The summed E-state index contributed by atoms with van der Waals surface area (Å²) in [4.78, 5) is 38.1. The summed E-state index contributed by atoms with van der Waals surface area (Å²) in [6, 6.07) is 0.0701. The molecule has 3 aliphatic rings. The van der Waals surface area contributed by atoms with Crippen LogP contribution >= 0.6 is 0 Å². The molecule has 1 aliphatic heterocycles. The van der Waals surface area contributed by atoms with Gasteiger partial charge >= 0.3 is 6.09 Å². The van der Waals surface area contributed by atoms with E-state index < -0.39 is 0 Å². The van der Waals surface area contributed by atoms with Gasteiger partial charge in [0.1, 0.15) is 0 Å². The third-order valence-electron chi connectivity index (χ3n) is 5.96. The first-order valence-electron chi connectivity index (χ1n) is 10.8. The van der Waals surface area contributed by atoms with Gasteiger partial charge in [0.15, 0.2) is 0 Å². The van der Waals surface area contributed by atoms with Gasteiger partial charge in [0.05, 0.1) is 18.4 Å². The Morgan fingerprint density at radius 2 is 1.89 bits per heavy atom. The van der Waals surface area contributed by atoms with Crippen LogP contribution in [-0.2, 0) is 14.3 Å². The highest BCUT2D eigenvalue weighted by Crippen LogP contribution is 2.39. The van der Waals surface area contributed by atoms with E-state index in [1.54, 1.807) is 11.8 Å². The Hall–Kier alpha value is -2.05. The Kier molecular flexibility index (Phi) is 7.34. The SMILES string of the molecule is CCOC(=O)N1CCC(NC(=O)C2CC2C(=O)NCCC2=CCCCC2)CC1.